The van der Waals surface area contributed by atoms with Gasteiger partial charge in [0.25, 0.3) is 0 Å². The van der Waals surface area contributed by atoms with Crippen LogP contribution in [0.3, 0.4) is 0 Å². The van der Waals surface area contributed by atoms with Crippen LogP contribution in [0.1, 0.15) is 49.4 Å². The molecule has 1 aliphatic rings. The topological polar surface area (TPSA) is 46.6 Å². The molecule has 0 radical (unpaired) electrons. The molecular formula is C23H30N4. The lowest BCUT2D eigenvalue weighted by atomic mass is 9.99. The van der Waals surface area contributed by atoms with E-state index in [0.717, 1.165) is 23.6 Å². The molecule has 1 aliphatic heterocycles. The predicted octanol–water partition coefficient (Wildman–Crippen LogP) is 4.96. The number of rotatable bonds is 4. The van der Waals surface area contributed by atoms with Gasteiger partial charge < -0.3 is 10.1 Å². The van der Waals surface area contributed by atoms with Crippen LogP contribution in [-0.4, -0.2) is 26.9 Å². The zero-order valence-electron chi connectivity index (χ0n) is 16.7. The number of fused-ring (bicyclic) bond motifs is 1. The van der Waals surface area contributed by atoms with Gasteiger partial charge in [-0.3, -0.25) is 4.90 Å². The highest BCUT2D eigenvalue weighted by molar-refractivity contribution is 5.68. The van der Waals surface area contributed by atoms with Crippen LogP contribution in [0, 0.1) is 13.8 Å². The second-order valence-corrected chi connectivity index (χ2v) is 7.93. The molecule has 0 spiro atoms. The van der Waals surface area contributed by atoms with E-state index in [1.165, 1.54) is 54.6 Å². The second-order valence-electron chi connectivity index (χ2n) is 7.93. The lowest BCUT2D eigenvalue weighted by Crippen LogP contribution is -2.38. The van der Waals surface area contributed by atoms with E-state index in [-0.39, 0.29) is 0 Å². The average Bonchev–Trinajstić information content (AvgIpc) is 3.02. The average molecular weight is 363 g/mol. The third kappa shape index (κ3) is 3.46. The minimum Gasteiger partial charge on any atom is -0.398 e. The Hall–Kier alpha value is -2.33. The van der Waals surface area contributed by atoms with Crippen molar-refractivity contribution in [2.24, 2.45) is 0 Å². The van der Waals surface area contributed by atoms with Gasteiger partial charge in [0.2, 0.25) is 0 Å². The summed E-state index contributed by atoms with van der Waals surface area (Å²) in [6.45, 7) is 8.72. The summed E-state index contributed by atoms with van der Waals surface area (Å²) in [5.41, 5.74) is 14.0. The molecule has 1 fully saturated rings. The Morgan fingerprint density at radius 1 is 1.11 bits per heavy atom. The van der Waals surface area contributed by atoms with Crippen LogP contribution in [0.25, 0.3) is 16.9 Å². The number of likely N-dealkylation sites (tertiary alicyclic amines) is 1. The Balaban J connectivity index is 1.83. The summed E-state index contributed by atoms with van der Waals surface area (Å²) in [5, 5.41) is 0. The first-order valence-electron chi connectivity index (χ1n) is 10.1. The molecule has 1 saturated heterocycles. The van der Waals surface area contributed by atoms with Crippen molar-refractivity contribution in [3.63, 3.8) is 0 Å². The van der Waals surface area contributed by atoms with E-state index in [4.69, 9.17) is 10.7 Å². The number of aromatic nitrogens is 2. The standard InChI is InChI=1S/C23H30N4/c1-4-20-7-5-6-12-26(20)15-21-23(18-9-8-16(2)17(3)13-18)25-22-11-10-19(24)14-27(21)22/h8-11,13-14,20H,4-7,12,15,24H2,1-3H3. The molecule has 3 aromatic rings. The van der Waals surface area contributed by atoms with E-state index in [0.29, 0.717) is 6.04 Å². The Bertz CT molecular complexity index is 956. The van der Waals surface area contributed by atoms with Crippen molar-refractivity contribution in [3.8, 4) is 11.3 Å². The number of hydrogen-bond donors (Lipinski definition) is 1. The van der Waals surface area contributed by atoms with Gasteiger partial charge in [0.15, 0.2) is 0 Å². The molecule has 4 heteroatoms. The summed E-state index contributed by atoms with van der Waals surface area (Å²) in [4.78, 5) is 7.63. The molecule has 2 N–H and O–H groups in total. The molecule has 0 aliphatic carbocycles. The zero-order chi connectivity index (χ0) is 19.0. The van der Waals surface area contributed by atoms with Gasteiger partial charge in [-0.2, -0.15) is 0 Å². The van der Waals surface area contributed by atoms with Crippen molar-refractivity contribution in [1.29, 1.82) is 0 Å². The number of aryl methyl sites for hydroxylation is 2. The van der Waals surface area contributed by atoms with Crippen LogP contribution in [-0.2, 0) is 6.54 Å². The van der Waals surface area contributed by atoms with E-state index < -0.39 is 0 Å². The fraction of sp³-hybridized carbons (Fsp3) is 0.435. The molecule has 1 unspecified atom stereocenters. The van der Waals surface area contributed by atoms with Crippen LogP contribution < -0.4 is 5.73 Å². The molecule has 3 heterocycles. The number of benzene rings is 1. The number of anilines is 1. The van der Waals surface area contributed by atoms with Gasteiger partial charge in [0.1, 0.15) is 5.65 Å². The second kappa shape index (κ2) is 7.35. The largest absolute Gasteiger partial charge is 0.398 e. The fourth-order valence-electron chi connectivity index (χ4n) is 4.30. The van der Waals surface area contributed by atoms with Crippen LogP contribution in [0.15, 0.2) is 36.5 Å². The van der Waals surface area contributed by atoms with E-state index in [2.05, 4.69) is 48.3 Å². The Labute approximate surface area is 162 Å². The van der Waals surface area contributed by atoms with Crippen molar-refractivity contribution in [2.45, 2.75) is 59.0 Å². The highest BCUT2D eigenvalue weighted by Crippen LogP contribution is 2.30. The van der Waals surface area contributed by atoms with Crippen molar-refractivity contribution < 1.29 is 0 Å². The van der Waals surface area contributed by atoms with Gasteiger partial charge in [-0.15, -0.1) is 0 Å². The first-order valence-corrected chi connectivity index (χ1v) is 10.1. The van der Waals surface area contributed by atoms with E-state index >= 15 is 0 Å². The molecule has 27 heavy (non-hydrogen) atoms. The number of nitrogens with zero attached hydrogens (tertiary/aromatic N) is 3. The maximum absolute atomic E-state index is 6.11. The molecule has 1 aromatic carbocycles. The maximum Gasteiger partial charge on any atom is 0.137 e. The van der Waals surface area contributed by atoms with Crippen molar-refractivity contribution >= 4 is 11.3 Å². The highest BCUT2D eigenvalue weighted by atomic mass is 15.2. The first kappa shape index (κ1) is 18.1. The third-order valence-corrected chi connectivity index (χ3v) is 6.09. The van der Waals surface area contributed by atoms with Crippen LogP contribution >= 0.6 is 0 Å². The number of imidazole rings is 1. The van der Waals surface area contributed by atoms with Gasteiger partial charge in [0, 0.05) is 30.0 Å². The number of piperidine rings is 1. The van der Waals surface area contributed by atoms with E-state index in [1.807, 2.05) is 18.3 Å². The molecule has 1 atom stereocenters. The summed E-state index contributed by atoms with van der Waals surface area (Å²) >= 11 is 0. The third-order valence-electron chi connectivity index (χ3n) is 6.09. The Kier molecular flexibility index (Phi) is 4.92. The summed E-state index contributed by atoms with van der Waals surface area (Å²) < 4.78 is 2.20. The molecule has 0 saturated carbocycles. The lowest BCUT2D eigenvalue weighted by molar-refractivity contribution is 0.134. The normalized spacial score (nSPS) is 18.3. The van der Waals surface area contributed by atoms with E-state index in [1.54, 1.807) is 0 Å². The molecule has 4 nitrogen and oxygen atoms in total. The van der Waals surface area contributed by atoms with Gasteiger partial charge in [0.05, 0.1) is 11.4 Å². The SMILES string of the molecule is CCC1CCCCN1Cc1c(-c2ccc(C)c(C)c2)nc2ccc(N)cn12. The fourth-order valence-corrected chi connectivity index (χ4v) is 4.30. The smallest absolute Gasteiger partial charge is 0.137 e. The lowest BCUT2D eigenvalue weighted by Gasteiger charge is -2.35. The number of hydrogen-bond acceptors (Lipinski definition) is 3. The molecule has 142 valence electrons. The number of pyridine rings is 1. The number of nitrogen functional groups attached to an aromatic ring is 1. The molecule has 2 aromatic heterocycles. The molecular weight excluding hydrogens is 332 g/mol. The van der Waals surface area contributed by atoms with Crippen molar-refractivity contribution in [1.82, 2.24) is 14.3 Å². The van der Waals surface area contributed by atoms with Gasteiger partial charge in [-0.25, -0.2) is 4.98 Å². The van der Waals surface area contributed by atoms with Crippen LogP contribution in [0.5, 0.6) is 0 Å². The molecule has 0 bridgehead atoms. The minimum absolute atomic E-state index is 0.665. The highest BCUT2D eigenvalue weighted by Gasteiger charge is 2.24. The minimum atomic E-state index is 0.665. The molecule has 4 rings (SSSR count). The Morgan fingerprint density at radius 3 is 2.74 bits per heavy atom. The quantitative estimate of drug-likeness (QED) is 0.713. The Morgan fingerprint density at radius 2 is 1.96 bits per heavy atom. The van der Waals surface area contributed by atoms with Gasteiger partial charge in [-0.1, -0.05) is 25.5 Å². The maximum atomic E-state index is 6.11. The first-order chi connectivity index (χ1) is 13.1. The van der Waals surface area contributed by atoms with Gasteiger partial charge in [-0.05, 0) is 69.0 Å². The monoisotopic (exact) mass is 362 g/mol. The summed E-state index contributed by atoms with van der Waals surface area (Å²) in [6, 6.07) is 11.3. The van der Waals surface area contributed by atoms with Crippen molar-refractivity contribution in [3.05, 3.63) is 53.3 Å². The van der Waals surface area contributed by atoms with Crippen LogP contribution in [0.4, 0.5) is 5.69 Å². The summed E-state index contributed by atoms with van der Waals surface area (Å²) in [5.74, 6) is 0. The van der Waals surface area contributed by atoms with Crippen molar-refractivity contribution in [2.75, 3.05) is 12.3 Å². The van der Waals surface area contributed by atoms with E-state index in [9.17, 15) is 0 Å². The summed E-state index contributed by atoms with van der Waals surface area (Å²) in [6.07, 6.45) is 7.16. The van der Waals surface area contributed by atoms with Gasteiger partial charge >= 0.3 is 0 Å². The predicted molar refractivity (Wildman–Crippen MR) is 113 cm³/mol. The summed E-state index contributed by atoms with van der Waals surface area (Å²) in [7, 11) is 0. The van der Waals surface area contributed by atoms with Crippen LogP contribution in [0.2, 0.25) is 0 Å². The molecule has 0 amide bonds. The number of nitrogens with two attached hydrogens (primary N) is 1. The zero-order valence-corrected chi connectivity index (χ0v) is 16.7.